The second-order valence-electron chi connectivity index (χ2n) is 5.74. The van der Waals surface area contributed by atoms with Crippen LogP contribution in [0.5, 0.6) is 0 Å². The van der Waals surface area contributed by atoms with Gasteiger partial charge in [-0.25, -0.2) is 4.98 Å². The van der Waals surface area contributed by atoms with Crippen molar-refractivity contribution in [3.63, 3.8) is 0 Å². The maximum absolute atomic E-state index is 7.00. The average molecular weight is 250 g/mol. The summed E-state index contributed by atoms with van der Waals surface area (Å²) in [7, 11) is 1.00. The van der Waals surface area contributed by atoms with Crippen LogP contribution in [0.1, 0.15) is 51.3 Å². The Morgan fingerprint density at radius 1 is 1.06 bits per heavy atom. The number of anilines is 1. The van der Waals surface area contributed by atoms with E-state index in [1.807, 2.05) is 0 Å². The summed E-state index contributed by atoms with van der Waals surface area (Å²) in [5, 5.41) is 10.4. The van der Waals surface area contributed by atoms with Crippen molar-refractivity contribution in [1.82, 2.24) is 4.98 Å². The first kappa shape index (κ1) is 15.0. The number of nitrogens with zero attached hydrogens (tertiary/aromatic N) is 1. The van der Waals surface area contributed by atoms with Crippen molar-refractivity contribution in [2.24, 2.45) is 0 Å². The fourth-order valence-electron chi connectivity index (χ4n) is 2.21. The fraction of sp³-hybridized carbons (Fsp3) is 0.667. The van der Waals surface area contributed by atoms with E-state index in [-0.39, 0.29) is 5.54 Å². The van der Waals surface area contributed by atoms with Gasteiger partial charge in [0.1, 0.15) is 5.82 Å². The van der Waals surface area contributed by atoms with E-state index in [4.69, 9.17) is 10.1 Å². The Bertz CT molecular complexity index is 369. The Labute approximate surface area is 111 Å². The highest BCUT2D eigenvalue weighted by Gasteiger charge is 2.13. The summed E-state index contributed by atoms with van der Waals surface area (Å²) in [6.07, 6.45) is 6.31. The second kappa shape index (κ2) is 6.74. The summed E-state index contributed by atoms with van der Waals surface area (Å²) in [5.74, 6) is 1.02. The van der Waals surface area contributed by atoms with Gasteiger partial charge in [-0.1, -0.05) is 12.5 Å². The molecule has 1 aromatic rings. The predicted molar refractivity (Wildman–Crippen MR) is 77.0 cm³/mol. The maximum Gasteiger partial charge on any atom is 0.126 e. The van der Waals surface area contributed by atoms with Crippen molar-refractivity contribution in [1.29, 1.82) is 0 Å². The Balaban J connectivity index is 0.000000771. The van der Waals surface area contributed by atoms with Gasteiger partial charge in [0.15, 0.2) is 0 Å². The van der Waals surface area contributed by atoms with Crippen molar-refractivity contribution in [3.8, 4) is 0 Å². The first-order valence-electron chi connectivity index (χ1n) is 6.76. The number of rotatable bonds is 1. The molecule has 2 N–H and O–H groups in total. The van der Waals surface area contributed by atoms with Crippen LogP contribution in [-0.2, 0) is 12.8 Å². The largest absolute Gasteiger partial charge is 0.400 e. The zero-order valence-electron chi connectivity index (χ0n) is 12.1. The number of aryl methyl sites for hydroxylation is 2. The van der Waals surface area contributed by atoms with Crippen molar-refractivity contribution in [2.75, 3.05) is 12.4 Å². The summed E-state index contributed by atoms with van der Waals surface area (Å²) in [6.45, 7) is 6.50. The number of fused-ring (bicyclic) bond motifs is 1. The van der Waals surface area contributed by atoms with Gasteiger partial charge in [-0.3, -0.25) is 0 Å². The van der Waals surface area contributed by atoms with Crippen LogP contribution in [-0.4, -0.2) is 22.7 Å². The smallest absolute Gasteiger partial charge is 0.126 e. The van der Waals surface area contributed by atoms with Crippen molar-refractivity contribution in [3.05, 3.63) is 23.4 Å². The van der Waals surface area contributed by atoms with Gasteiger partial charge >= 0.3 is 0 Å². The van der Waals surface area contributed by atoms with Gasteiger partial charge in [0, 0.05) is 18.3 Å². The number of aliphatic hydroxyl groups is 1. The summed E-state index contributed by atoms with van der Waals surface area (Å²) >= 11 is 0. The Morgan fingerprint density at radius 3 is 2.39 bits per heavy atom. The quantitative estimate of drug-likeness (QED) is 0.752. The zero-order chi connectivity index (χ0) is 13.6. The molecular formula is C15H26N2O. The van der Waals surface area contributed by atoms with E-state index >= 15 is 0 Å². The van der Waals surface area contributed by atoms with Crippen molar-refractivity contribution < 1.29 is 5.11 Å². The van der Waals surface area contributed by atoms with Crippen molar-refractivity contribution >= 4 is 5.82 Å². The number of pyridine rings is 1. The third-order valence-corrected chi connectivity index (χ3v) is 2.93. The first-order chi connectivity index (χ1) is 8.54. The topological polar surface area (TPSA) is 45.2 Å². The first-order valence-corrected chi connectivity index (χ1v) is 6.76. The molecule has 0 unspecified atom stereocenters. The molecule has 3 nitrogen and oxygen atoms in total. The van der Waals surface area contributed by atoms with E-state index < -0.39 is 0 Å². The second-order valence-corrected chi connectivity index (χ2v) is 5.74. The molecule has 3 heteroatoms. The molecule has 0 bridgehead atoms. The Hall–Kier alpha value is -1.09. The molecule has 1 heterocycles. The van der Waals surface area contributed by atoms with Gasteiger partial charge < -0.3 is 10.4 Å². The van der Waals surface area contributed by atoms with Crippen molar-refractivity contribution in [2.45, 2.75) is 58.4 Å². The van der Waals surface area contributed by atoms with Crippen LogP contribution in [0.15, 0.2) is 12.1 Å². The van der Waals surface area contributed by atoms with Gasteiger partial charge in [0.2, 0.25) is 0 Å². The van der Waals surface area contributed by atoms with Crippen LogP contribution < -0.4 is 5.32 Å². The number of aromatic nitrogens is 1. The molecule has 1 aromatic heterocycles. The molecule has 0 spiro atoms. The highest BCUT2D eigenvalue weighted by molar-refractivity contribution is 5.41. The Kier molecular flexibility index (Phi) is 5.60. The minimum Gasteiger partial charge on any atom is -0.400 e. The predicted octanol–water partition coefficient (Wildman–Crippen LogP) is 3.17. The third kappa shape index (κ3) is 4.65. The third-order valence-electron chi connectivity index (χ3n) is 2.93. The zero-order valence-corrected chi connectivity index (χ0v) is 12.1. The standard InChI is InChI=1S/C14H22N2.CH4O/c1-14(2,3)16-13-10-9-11-7-5-4-6-8-12(11)15-13;1-2/h9-10H,4-8H2,1-3H3,(H,15,16);2H,1H3. The Morgan fingerprint density at radius 2 is 1.72 bits per heavy atom. The summed E-state index contributed by atoms with van der Waals surface area (Å²) in [6, 6.07) is 4.37. The number of aliphatic hydroxyl groups excluding tert-OH is 1. The lowest BCUT2D eigenvalue weighted by Crippen LogP contribution is -2.26. The van der Waals surface area contributed by atoms with E-state index in [1.54, 1.807) is 0 Å². The van der Waals surface area contributed by atoms with Gasteiger partial charge in [-0.15, -0.1) is 0 Å². The van der Waals surface area contributed by atoms with E-state index in [0.717, 1.165) is 19.3 Å². The minimum absolute atomic E-state index is 0.0893. The average Bonchev–Trinajstić information content (AvgIpc) is 2.54. The fourth-order valence-corrected chi connectivity index (χ4v) is 2.21. The lowest BCUT2D eigenvalue weighted by Gasteiger charge is -2.22. The van der Waals surface area contributed by atoms with Gasteiger partial charge in [0.25, 0.3) is 0 Å². The molecular weight excluding hydrogens is 224 g/mol. The molecule has 0 aromatic carbocycles. The minimum atomic E-state index is 0.0893. The molecule has 0 atom stereocenters. The summed E-state index contributed by atoms with van der Waals surface area (Å²) in [4.78, 5) is 4.75. The molecule has 1 aliphatic rings. The van der Waals surface area contributed by atoms with Gasteiger partial charge in [-0.05, 0) is 58.1 Å². The lowest BCUT2D eigenvalue weighted by atomic mass is 10.1. The molecule has 18 heavy (non-hydrogen) atoms. The van der Waals surface area contributed by atoms with Crippen LogP contribution >= 0.6 is 0 Å². The van der Waals surface area contributed by atoms with E-state index in [2.05, 4.69) is 38.2 Å². The molecule has 102 valence electrons. The molecule has 0 aliphatic heterocycles. The molecule has 0 fully saturated rings. The number of hydrogen-bond acceptors (Lipinski definition) is 3. The van der Waals surface area contributed by atoms with Crippen LogP contribution in [0.2, 0.25) is 0 Å². The summed E-state index contributed by atoms with van der Waals surface area (Å²) < 4.78 is 0. The summed E-state index contributed by atoms with van der Waals surface area (Å²) in [5.41, 5.74) is 2.86. The van der Waals surface area contributed by atoms with Crippen LogP contribution in [0.25, 0.3) is 0 Å². The monoisotopic (exact) mass is 250 g/mol. The highest BCUT2D eigenvalue weighted by Crippen LogP contribution is 2.21. The molecule has 0 radical (unpaired) electrons. The van der Waals surface area contributed by atoms with E-state index in [9.17, 15) is 0 Å². The number of nitrogens with one attached hydrogen (secondary N) is 1. The maximum atomic E-state index is 7.00. The lowest BCUT2D eigenvalue weighted by molar-refractivity contribution is 0.399. The molecule has 2 rings (SSSR count). The van der Waals surface area contributed by atoms with Gasteiger partial charge in [0.05, 0.1) is 0 Å². The molecule has 0 amide bonds. The van der Waals surface area contributed by atoms with Crippen LogP contribution in [0.3, 0.4) is 0 Å². The molecule has 0 saturated carbocycles. The number of hydrogen-bond donors (Lipinski definition) is 2. The SMILES string of the molecule is CC(C)(C)Nc1ccc2c(n1)CCCCC2.CO. The normalized spacial score (nSPS) is 14.9. The van der Waals surface area contributed by atoms with Gasteiger partial charge in [-0.2, -0.15) is 0 Å². The van der Waals surface area contributed by atoms with Crippen LogP contribution in [0.4, 0.5) is 5.82 Å². The van der Waals surface area contributed by atoms with E-state index in [0.29, 0.717) is 0 Å². The molecule has 1 aliphatic carbocycles. The highest BCUT2D eigenvalue weighted by atomic mass is 16.2. The molecule has 0 saturated heterocycles. The van der Waals surface area contributed by atoms with Crippen LogP contribution in [0, 0.1) is 0 Å². The van der Waals surface area contributed by atoms with E-state index in [1.165, 1.54) is 36.9 Å².